The predicted molar refractivity (Wildman–Crippen MR) is 98.0 cm³/mol. The van der Waals surface area contributed by atoms with Crippen LogP contribution in [0.4, 0.5) is 11.4 Å². The zero-order valence-corrected chi connectivity index (χ0v) is 14.9. The summed E-state index contributed by atoms with van der Waals surface area (Å²) in [6.45, 7) is 3.53. The van der Waals surface area contributed by atoms with Crippen molar-refractivity contribution >= 4 is 27.3 Å². The van der Waals surface area contributed by atoms with Gasteiger partial charge in [-0.25, -0.2) is 8.42 Å². The largest absolute Gasteiger partial charge is 0.322 e. The molecule has 2 aromatic carbocycles. The Balaban J connectivity index is 2.21. The third kappa shape index (κ3) is 4.81. The molecule has 0 aliphatic heterocycles. The molecule has 25 heavy (non-hydrogen) atoms. The summed E-state index contributed by atoms with van der Waals surface area (Å²) in [5, 5.41) is 11.6. The van der Waals surface area contributed by atoms with Gasteiger partial charge in [-0.1, -0.05) is 13.0 Å². The summed E-state index contributed by atoms with van der Waals surface area (Å²) in [5.41, 5.74) is 2.47. The number of hydrogen-bond donors (Lipinski definition) is 2. The van der Waals surface area contributed by atoms with Gasteiger partial charge in [0.2, 0.25) is 10.0 Å². The van der Waals surface area contributed by atoms with E-state index in [-0.39, 0.29) is 11.7 Å². The van der Waals surface area contributed by atoms with Crippen LogP contribution in [0.3, 0.4) is 0 Å². The highest BCUT2D eigenvalue weighted by atomic mass is 32.2. The maximum atomic E-state index is 12.3. The topological polar surface area (TPSA) is 99.1 Å². The molecule has 0 bridgehead atoms. The van der Waals surface area contributed by atoms with Crippen molar-refractivity contribution in [2.45, 2.75) is 20.3 Å². The maximum Gasteiger partial charge on any atom is 0.255 e. The van der Waals surface area contributed by atoms with E-state index in [4.69, 9.17) is 5.26 Å². The van der Waals surface area contributed by atoms with Gasteiger partial charge in [-0.3, -0.25) is 9.52 Å². The molecule has 0 atom stereocenters. The maximum absolute atomic E-state index is 12.3. The Morgan fingerprint density at radius 1 is 1.12 bits per heavy atom. The molecule has 7 heteroatoms. The van der Waals surface area contributed by atoms with Crippen molar-refractivity contribution in [3.63, 3.8) is 0 Å². The van der Waals surface area contributed by atoms with Crippen LogP contribution in [0.1, 0.15) is 34.8 Å². The standard InChI is InChI=1S/C18H19N3O3S/c1-3-11-25(23,24)21-17-6-4-5-16(13(17)2)20-18(22)15-9-7-14(12-19)8-10-15/h4-10,21H,3,11H2,1-2H3,(H,20,22). The van der Waals surface area contributed by atoms with Gasteiger partial charge in [0.15, 0.2) is 0 Å². The van der Waals surface area contributed by atoms with Gasteiger partial charge in [-0.2, -0.15) is 5.26 Å². The molecule has 0 saturated heterocycles. The molecule has 0 heterocycles. The molecule has 0 spiro atoms. The number of carbonyl (C=O) groups excluding carboxylic acids is 1. The van der Waals surface area contributed by atoms with E-state index in [0.717, 1.165) is 0 Å². The number of nitrogens with one attached hydrogen (secondary N) is 2. The van der Waals surface area contributed by atoms with Crippen LogP contribution in [0.5, 0.6) is 0 Å². The SMILES string of the molecule is CCCS(=O)(=O)Nc1cccc(NC(=O)c2ccc(C#N)cc2)c1C. The van der Waals surface area contributed by atoms with Crippen molar-refractivity contribution in [1.82, 2.24) is 0 Å². The molecule has 2 aromatic rings. The van der Waals surface area contributed by atoms with E-state index in [1.807, 2.05) is 6.07 Å². The highest BCUT2D eigenvalue weighted by molar-refractivity contribution is 7.92. The van der Waals surface area contributed by atoms with Crippen LogP contribution in [-0.4, -0.2) is 20.1 Å². The Hall–Kier alpha value is -2.85. The van der Waals surface area contributed by atoms with E-state index >= 15 is 0 Å². The molecule has 130 valence electrons. The molecule has 0 fully saturated rings. The molecule has 0 radical (unpaired) electrons. The number of amides is 1. The summed E-state index contributed by atoms with van der Waals surface area (Å²) < 4.78 is 26.4. The first-order chi connectivity index (χ1) is 11.9. The van der Waals surface area contributed by atoms with E-state index in [2.05, 4.69) is 10.0 Å². The molecule has 0 aliphatic rings. The Labute approximate surface area is 147 Å². The Morgan fingerprint density at radius 2 is 1.76 bits per heavy atom. The van der Waals surface area contributed by atoms with Crippen LogP contribution in [0, 0.1) is 18.3 Å². The Morgan fingerprint density at radius 3 is 2.36 bits per heavy atom. The summed E-state index contributed by atoms with van der Waals surface area (Å²) in [7, 11) is -3.41. The number of hydrogen-bond acceptors (Lipinski definition) is 4. The zero-order chi connectivity index (χ0) is 18.4. The average molecular weight is 357 g/mol. The van der Waals surface area contributed by atoms with E-state index in [1.165, 1.54) is 0 Å². The zero-order valence-electron chi connectivity index (χ0n) is 14.0. The van der Waals surface area contributed by atoms with E-state index < -0.39 is 10.0 Å². The van der Waals surface area contributed by atoms with Gasteiger partial charge in [-0.15, -0.1) is 0 Å². The first-order valence-electron chi connectivity index (χ1n) is 7.78. The quantitative estimate of drug-likeness (QED) is 0.829. The minimum absolute atomic E-state index is 0.0360. The third-order valence-electron chi connectivity index (χ3n) is 3.60. The number of anilines is 2. The van der Waals surface area contributed by atoms with Gasteiger partial charge in [0, 0.05) is 11.3 Å². The average Bonchev–Trinajstić information content (AvgIpc) is 2.58. The number of sulfonamides is 1. The summed E-state index contributed by atoms with van der Waals surface area (Å²) in [6.07, 6.45) is 0.517. The summed E-state index contributed by atoms with van der Waals surface area (Å²) in [6, 6.07) is 13.3. The van der Waals surface area contributed by atoms with Crippen molar-refractivity contribution in [1.29, 1.82) is 5.26 Å². The minimum Gasteiger partial charge on any atom is -0.322 e. The Kier molecular flexibility index (Phi) is 5.78. The fourth-order valence-corrected chi connectivity index (χ4v) is 3.46. The highest BCUT2D eigenvalue weighted by Gasteiger charge is 2.14. The van der Waals surface area contributed by atoms with Gasteiger partial charge < -0.3 is 5.32 Å². The van der Waals surface area contributed by atoms with Crippen molar-refractivity contribution in [3.05, 3.63) is 59.2 Å². The van der Waals surface area contributed by atoms with Crippen molar-refractivity contribution in [2.75, 3.05) is 15.8 Å². The van der Waals surface area contributed by atoms with Gasteiger partial charge in [0.25, 0.3) is 5.91 Å². The van der Waals surface area contributed by atoms with E-state index in [1.54, 1.807) is 56.3 Å². The second-order valence-corrected chi connectivity index (χ2v) is 7.38. The van der Waals surface area contributed by atoms with Gasteiger partial charge in [0.05, 0.1) is 23.1 Å². The molecule has 2 rings (SSSR count). The third-order valence-corrected chi connectivity index (χ3v) is 5.07. The second-order valence-electron chi connectivity index (χ2n) is 5.54. The summed E-state index contributed by atoms with van der Waals surface area (Å²) in [4.78, 5) is 12.3. The van der Waals surface area contributed by atoms with Crippen LogP contribution in [-0.2, 0) is 10.0 Å². The van der Waals surface area contributed by atoms with Crippen molar-refractivity contribution in [3.8, 4) is 6.07 Å². The van der Waals surface area contributed by atoms with Crippen LogP contribution in [0.25, 0.3) is 0 Å². The van der Waals surface area contributed by atoms with Gasteiger partial charge >= 0.3 is 0 Å². The molecule has 0 aromatic heterocycles. The molecule has 1 amide bonds. The molecule has 6 nitrogen and oxygen atoms in total. The summed E-state index contributed by atoms with van der Waals surface area (Å²) in [5.74, 6) is -0.296. The van der Waals surface area contributed by atoms with Crippen LogP contribution >= 0.6 is 0 Å². The lowest BCUT2D eigenvalue weighted by Gasteiger charge is -2.14. The van der Waals surface area contributed by atoms with Gasteiger partial charge in [-0.05, 0) is 55.3 Å². The number of nitriles is 1. The van der Waals surface area contributed by atoms with E-state index in [9.17, 15) is 13.2 Å². The number of nitrogens with zero attached hydrogens (tertiary/aromatic N) is 1. The Bertz CT molecular complexity index is 914. The molecule has 0 unspecified atom stereocenters. The number of benzene rings is 2. The summed E-state index contributed by atoms with van der Waals surface area (Å²) >= 11 is 0. The normalized spacial score (nSPS) is 10.8. The van der Waals surface area contributed by atoms with Crippen molar-refractivity contribution in [2.24, 2.45) is 0 Å². The van der Waals surface area contributed by atoms with Crippen LogP contribution in [0.15, 0.2) is 42.5 Å². The van der Waals surface area contributed by atoms with Crippen LogP contribution in [0.2, 0.25) is 0 Å². The van der Waals surface area contributed by atoms with Gasteiger partial charge in [0.1, 0.15) is 0 Å². The number of carbonyl (C=O) groups is 1. The molecular formula is C18H19N3O3S. The van der Waals surface area contributed by atoms with E-state index in [0.29, 0.717) is 34.5 Å². The number of rotatable bonds is 6. The lowest BCUT2D eigenvalue weighted by atomic mass is 10.1. The van der Waals surface area contributed by atoms with Crippen molar-refractivity contribution < 1.29 is 13.2 Å². The molecule has 2 N–H and O–H groups in total. The first kappa shape index (κ1) is 18.5. The fraction of sp³-hybridized carbons (Fsp3) is 0.222. The second kappa shape index (κ2) is 7.81. The smallest absolute Gasteiger partial charge is 0.255 e. The lowest BCUT2D eigenvalue weighted by molar-refractivity contribution is 0.102. The highest BCUT2D eigenvalue weighted by Crippen LogP contribution is 2.25. The predicted octanol–water partition coefficient (Wildman–Crippen LogP) is 3.27. The minimum atomic E-state index is -3.41. The first-order valence-corrected chi connectivity index (χ1v) is 9.43. The lowest BCUT2D eigenvalue weighted by Crippen LogP contribution is -2.18. The molecule has 0 aliphatic carbocycles. The monoisotopic (exact) mass is 357 g/mol. The molecular weight excluding hydrogens is 338 g/mol. The van der Waals surface area contributed by atoms with Crippen LogP contribution < -0.4 is 10.0 Å². The molecule has 0 saturated carbocycles. The fourth-order valence-electron chi connectivity index (χ4n) is 2.26.